The van der Waals surface area contributed by atoms with Crippen molar-refractivity contribution in [3.8, 4) is 0 Å². The van der Waals surface area contributed by atoms with Crippen molar-refractivity contribution in [3.05, 3.63) is 28.8 Å². The highest BCUT2D eigenvalue weighted by molar-refractivity contribution is 5.54. The van der Waals surface area contributed by atoms with Crippen molar-refractivity contribution in [2.24, 2.45) is 5.92 Å². The molecule has 1 aliphatic rings. The molecule has 1 aromatic carbocycles. The Labute approximate surface area is 105 Å². The van der Waals surface area contributed by atoms with E-state index in [0.717, 1.165) is 19.0 Å². The second kappa shape index (κ2) is 5.54. The molecule has 0 spiro atoms. The fourth-order valence-electron chi connectivity index (χ4n) is 2.50. The summed E-state index contributed by atoms with van der Waals surface area (Å²) in [7, 11) is 0. The van der Waals surface area contributed by atoms with E-state index in [1.807, 2.05) is 0 Å². The molecule has 1 atom stereocenters. The van der Waals surface area contributed by atoms with Crippen LogP contribution in [0.1, 0.15) is 29.5 Å². The molecule has 94 valence electrons. The largest absolute Gasteiger partial charge is 0.384 e. The lowest BCUT2D eigenvalue weighted by molar-refractivity contribution is 0.393. The summed E-state index contributed by atoms with van der Waals surface area (Å²) in [6.45, 7) is 10.00. The summed E-state index contributed by atoms with van der Waals surface area (Å²) in [6.07, 6.45) is 2.67. The lowest BCUT2D eigenvalue weighted by atomic mass is 9.99. The van der Waals surface area contributed by atoms with E-state index in [-0.39, 0.29) is 0 Å². The molecule has 2 N–H and O–H groups in total. The van der Waals surface area contributed by atoms with Crippen LogP contribution in [0.15, 0.2) is 12.1 Å². The van der Waals surface area contributed by atoms with Gasteiger partial charge in [-0.25, -0.2) is 0 Å². The zero-order valence-electron chi connectivity index (χ0n) is 11.3. The smallest absolute Gasteiger partial charge is 0.0372 e. The predicted octanol–water partition coefficient (Wildman–Crippen LogP) is 3.02. The minimum atomic E-state index is 0.782. The maximum Gasteiger partial charge on any atom is 0.0372 e. The number of hydrogen-bond donors (Lipinski definition) is 2. The van der Waals surface area contributed by atoms with Gasteiger partial charge < -0.3 is 10.6 Å². The first-order chi connectivity index (χ1) is 8.16. The minimum absolute atomic E-state index is 0.782. The monoisotopic (exact) mass is 232 g/mol. The Morgan fingerprint density at radius 1 is 1.18 bits per heavy atom. The van der Waals surface area contributed by atoms with Gasteiger partial charge in [0.25, 0.3) is 0 Å². The summed E-state index contributed by atoms with van der Waals surface area (Å²) in [5, 5.41) is 7.08. The molecular weight excluding hydrogens is 208 g/mol. The second-order valence-corrected chi connectivity index (χ2v) is 5.34. The Balaban J connectivity index is 1.96. The summed E-state index contributed by atoms with van der Waals surface area (Å²) in [6, 6.07) is 4.55. The Morgan fingerprint density at radius 3 is 2.65 bits per heavy atom. The van der Waals surface area contributed by atoms with Crippen molar-refractivity contribution in [2.75, 3.05) is 25.0 Å². The van der Waals surface area contributed by atoms with E-state index in [4.69, 9.17) is 0 Å². The summed E-state index contributed by atoms with van der Waals surface area (Å²) in [4.78, 5) is 0. The molecule has 1 aromatic rings. The normalized spacial score (nSPS) is 20.3. The fraction of sp³-hybridized carbons (Fsp3) is 0.600. The van der Waals surface area contributed by atoms with E-state index in [1.54, 1.807) is 0 Å². The van der Waals surface area contributed by atoms with Crippen LogP contribution >= 0.6 is 0 Å². The van der Waals surface area contributed by atoms with Gasteiger partial charge >= 0.3 is 0 Å². The highest BCUT2D eigenvalue weighted by Crippen LogP contribution is 2.21. The molecule has 0 amide bonds. The van der Waals surface area contributed by atoms with Gasteiger partial charge in [0.15, 0.2) is 0 Å². The molecule has 2 rings (SSSR count). The molecule has 2 heteroatoms. The third-order valence-corrected chi connectivity index (χ3v) is 3.82. The van der Waals surface area contributed by atoms with Crippen molar-refractivity contribution in [1.82, 2.24) is 5.32 Å². The van der Waals surface area contributed by atoms with Crippen LogP contribution in [0.3, 0.4) is 0 Å². The predicted molar refractivity (Wildman–Crippen MR) is 74.7 cm³/mol. The van der Waals surface area contributed by atoms with Crippen molar-refractivity contribution in [1.29, 1.82) is 0 Å². The van der Waals surface area contributed by atoms with E-state index in [9.17, 15) is 0 Å². The first-order valence-electron chi connectivity index (χ1n) is 6.69. The zero-order chi connectivity index (χ0) is 12.3. The second-order valence-electron chi connectivity index (χ2n) is 5.34. The molecule has 0 radical (unpaired) electrons. The van der Waals surface area contributed by atoms with E-state index < -0.39 is 0 Å². The van der Waals surface area contributed by atoms with Gasteiger partial charge in [-0.15, -0.1) is 0 Å². The van der Waals surface area contributed by atoms with E-state index in [2.05, 4.69) is 43.5 Å². The molecular formula is C15H24N2. The molecule has 1 saturated heterocycles. The Hall–Kier alpha value is -1.02. The summed E-state index contributed by atoms with van der Waals surface area (Å²) in [5.41, 5.74) is 5.42. The number of nitrogens with one attached hydrogen (secondary N) is 2. The first-order valence-corrected chi connectivity index (χ1v) is 6.69. The molecule has 0 aliphatic carbocycles. The van der Waals surface area contributed by atoms with Crippen LogP contribution in [0.2, 0.25) is 0 Å². The molecule has 0 aromatic heterocycles. The number of hydrogen-bond acceptors (Lipinski definition) is 2. The number of anilines is 1. The maximum atomic E-state index is 3.61. The number of benzene rings is 1. The Bertz CT molecular complexity index is 379. The van der Waals surface area contributed by atoms with Crippen LogP contribution in [0.4, 0.5) is 5.69 Å². The minimum Gasteiger partial charge on any atom is -0.384 e. The molecule has 1 fully saturated rings. The lowest BCUT2D eigenvalue weighted by Crippen LogP contribution is -2.33. The molecule has 1 heterocycles. The molecule has 1 aliphatic heterocycles. The lowest BCUT2D eigenvalue weighted by Gasteiger charge is -2.24. The van der Waals surface area contributed by atoms with Gasteiger partial charge in [-0.05, 0) is 75.4 Å². The van der Waals surface area contributed by atoms with Crippen LogP contribution in [0, 0.1) is 26.7 Å². The quantitative estimate of drug-likeness (QED) is 0.837. The van der Waals surface area contributed by atoms with Gasteiger partial charge in [0.05, 0.1) is 0 Å². The summed E-state index contributed by atoms with van der Waals surface area (Å²) >= 11 is 0. The fourth-order valence-corrected chi connectivity index (χ4v) is 2.50. The molecule has 0 bridgehead atoms. The average molecular weight is 232 g/mol. The van der Waals surface area contributed by atoms with Crippen molar-refractivity contribution in [2.45, 2.75) is 33.6 Å². The zero-order valence-corrected chi connectivity index (χ0v) is 11.3. The van der Waals surface area contributed by atoms with Crippen LogP contribution in [0.5, 0.6) is 0 Å². The number of aryl methyl sites for hydroxylation is 3. The number of rotatable bonds is 3. The maximum absolute atomic E-state index is 3.61. The van der Waals surface area contributed by atoms with E-state index in [1.165, 1.54) is 41.8 Å². The standard InChI is InChI=1S/C15H24N2/c1-11-7-13(3)15(8-12(11)2)17-10-14-5-4-6-16-9-14/h7-8,14,16-17H,4-6,9-10H2,1-3H3. The van der Waals surface area contributed by atoms with Crippen molar-refractivity contribution >= 4 is 5.69 Å². The molecule has 17 heavy (non-hydrogen) atoms. The van der Waals surface area contributed by atoms with Gasteiger partial charge in [-0.2, -0.15) is 0 Å². The van der Waals surface area contributed by atoms with E-state index in [0.29, 0.717) is 0 Å². The van der Waals surface area contributed by atoms with Crippen molar-refractivity contribution < 1.29 is 0 Å². The van der Waals surface area contributed by atoms with Gasteiger partial charge in [-0.3, -0.25) is 0 Å². The van der Waals surface area contributed by atoms with Crippen LogP contribution < -0.4 is 10.6 Å². The molecule has 2 nitrogen and oxygen atoms in total. The van der Waals surface area contributed by atoms with E-state index >= 15 is 0 Å². The van der Waals surface area contributed by atoms with Crippen LogP contribution in [-0.4, -0.2) is 19.6 Å². The SMILES string of the molecule is Cc1cc(C)c(NCC2CCCNC2)cc1C. The summed E-state index contributed by atoms with van der Waals surface area (Å²) < 4.78 is 0. The first kappa shape index (κ1) is 12.4. The molecule has 0 saturated carbocycles. The third-order valence-electron chi connectivity index (χ3n) is 3.82. The molecule has 1 unspecified atom stereocenters. The van der Waals surface area contributed by atoms with Gasteiger partial charge in [0.2, 0.25) is 0 Å². The Morgan fingerprint density at radius 2 is 1.94 bits per heavy atom. The summed E-state index contributed by atoms with van der Waals surface area (Å²) in [5.74, 6) is 0.782. The van der Waals surface area contributed by atoms with Gasteiger partial charge in [0, 0.05) is 12.2 Å². The third kappa shape index (κ3) is 3.22. The Kier molecular flexibility index (Phi) is 4.06. The average Bonchev–Trinajstić information content (AvgIpc) is 2.33. The highest BCUT2D eigenvalue weighted by Gasteiger charge is 2.12. The van der Waals surface area contributed by atoms with Crippen molar-refractivity contribution in [3.63, 3.8) is 0 Å². The topological polar surface area (TPSA) is 24.1 Å². The number of piperidine rings is 1. The highest BCUT2D eigenvalue weighted by atomic mass is 14.9. The van der Waals surface area contributed by atoms with Gasteiger partial charge in [0.1, 0.15) is 0 Å². The van der Waals surface area contributed by atoms with Crippen LogP contribution in [-0.2, 0) is 0 Å². The van der Waals surface area contributed by atoms with Crippen LogP contribution in [0.25, 0.3) is 0 Å². The van der Waals surface area contributed by atoms with Gasteiger partial charge in [-0.1, -0.05) is 6.07 Å².